The van der Waals surface area contributed by atoms with Gasteiger partial charge in [0.25, 0.3) is 5.91 Å². The molecule has 0 radical (unpaired) electrons. The largest absolute Gasteiger partial charge is 0.494 e. The van der Waals surface area contributed by atoms with Crippen molar-refractivity contribution in [1.29, 1.82) is 0 Å². The first-order valence-corrected chi connectivity index (χ1v) is 8.62. The van der Waals surface area contributed by atoms with Crippen LogP contribution in [-0.4, -0.2) is 12.5 Å². The molecule has 3 nitrogen and oxygen atoms in total. The maximum atomic E-state index is 13.0. The molecule has 0 aromatic heterocycles. The Hall–Kier alpha value is -2.50. The summed E-state index contributed by atoms with van der Waals surface area (Å²) in [6.07, 6.45) is -0.160. The monoisotopic (exact) mass is 365 g/mol. The third kappa shape index (κ3) is 5.79. The zero-order valence-corrected chi connectivity index (χ0v) is 14.6. The number of anilines is 1. The Kier molecular flexibility index (Phi) is 7.06. The number of hydrogen-bond acceptors (Lipinski definition) is 2. The molecule has 2 aromatic rings. The second-order valence-corrected chi connectivity index (χ2v) is 5.93. The molecule has 26 heavy (non-hydrogen) atoms. The van der Waals surface area contributed by atoms with Gasteiger partial charge in [-0.15, -0.1) is 0 Å². The minimum atomic E-state index is -4.58. The Morgan fingerprint density at radius 1 is 1.00 bits per heavy atom. The lowest BCUT2D eigenvalue weighted by atomic mass is 10.1. The van der Waals surface area contributed by atoms with Crippen molar-refractivity contribution >= 4 is 11.6 Å². The molecule has 0 spiro atoms. The van der Waals surface area contributed by atoms with E-state index in [1.807, 2.05) is 0 Å². The molecule has 0 bridgehead atoms. The molecule has 6 heteroatoms. The average Bonchev–Trinajstić information content (AvgIpc) is 2.62. The summed E-state index contributed by atoms with van der Waals surface area (Å²) in [5.74, 6) is -0.138. The summed E-state index contributed by atoms with van der Waals surface area (Å²) in [6, 6.07) is 11.3. The number of hydrogen-bond donors (Lipinski definition) is 1. The van der Waals surface area contributed by atoms with Crippen LogP contribution in [0.5, 0.6) is 5.75 Å². The minimum absolute atomic E-state index is 0.406. The van der Waals surface area contributed by atoms with Crippen LogP contribution in [0.4, 0.5) is 18.9 Å². The van der Waals surface area contributed by atoms with Crippen molar-refractivity contribution in [1.82, 2.24) is 0 Å². The van der Waals surface area contributed by atoms with E-state index < -0.39 is 23.2 Å². The van der Waals surface area contributed by atoms with Crippen LogP contribution in [0.2, 0.25) is 0 Å². The second-order valence-electron chi connectivity index (χ2n) is 5.93. The number of benzene rings is 2. The highest BCUT2D eigenvalue weighted by atomic mass is 19.4. The summed E-state index contributed by atoms with van der Waals surface area (Å²) < 4.78 is 44.6. The SMILES string of the molecule is CCCCCCOc1ccc(NC(=O)c2ccccc2C(F)(F)F)cc1. The molecule has 140 valence electrons. The van der Waals surface area contributed by atoms with E-state index in [0.29, 0.717) is 18.0 Å². The summed E-state index contributed by atoms with van der Waals surface area (Å²) >= 11 is 0. The molecule has 0 heterocycles. The van der Waals surface area contributed by atoms with Gasteiger partial charge in [0, 0.05) is 5.69 Å². The summed E-state index contributed by atoms with van der Waals surface area (Å²) in [6.45, 7) is 2.76. The van der Waals surface area contributed by atoms with Gasteiger partial charge >= 0.3 is 6.18 Å². The zero-order valence-electron chi connectivity index (χ0n) is 14.6. The van der Waals surface area contributed by atoms with Crippen molar-refractivity contribution in [3.8, 4) is 5.75 Å². The smallest absolute Gasteiger partial charge is 0.417 e. The molecule has 0 saturated carbocycles. The first kappa shape index (κ1) is 19.8. The average molecular weight is 365 g/mol. The number of halogens is 3. The van der Waals surface area contributed by atoms with Crippen molar-refractivity contribution < 1.29 is 22.7 Å². The Balaban J connectivity index is 1.96. The van der Waals surface area contributed by atoms with E-state index in [-0.39, 0.29) is 0 Å². The molecule has 2 rings (SSSR count). The van der Waals surface area contributed by atoms with E-state index in [2.05, 4.69) is 12.2 Å². The van der Waals surface area contributed by atoms with E-state index in [0.717, 1.165) is 31.4 Å². The molecule has 0 atom stereocenters. The maximum Gasteiger partial charge on any atom is 0.417 e. The van der Waals surface area contributed by atoms with Crippen LogP contribution in [0.15, 0.2) is 48.5 Å². The lowest BCUT2D eigenvalue weighted by Gasteiger charge is -2.13. The third-order valence-corrected chi connectivity index (χ3v) is 3.86. The van der Waals surface area contributed by atoms with Crippen molar-refractivity contribution in [2.45, 2.75) is 38.8 Å². The topological polar surface area (TPSA) is 38.3 Å². The van der Waals surface area contributed by atoms with E-state index in [1.165, 1.54) is 18.6 Å². The Labute approximate surface area is 151 Å². The number of rotatable bonds is 8. The van der Waals surface area contributed by atoms with Gasteiger partial charge in [0.05, 0.1) is 17.7 Å². The van der Waals surface area contributed by atoms with Gasteiger partial charge in [0.15, 0.2) is 0 Å². The number of carbonyl (C=O) groups is 1. The van der Waals surface area contributed by atoms with E-state index in [4.69, 9.17) is 4.74 Å². The molecule has 0 unspecified atom stereocenters. The second kappa shape index (κ2) is 9.27. The lowest BCUT2D eigenvalue weighted by Crippen LogP contribution is -2.18. The van der Waals surface area contributed by atoms with Crippen LogP contribution >= 0.6 is 0 Å². The summed E-state index contributed by atoms with van der Waals surface area (Å²) in [7, 11) is 0. The van der Waals surface area contributed by atoms with Gasteiger partial charge in [0.1, 0.15) is 5.75 Å². The number of alkyl halides is 3. The third-order valence-electron chi connectivity index (χ3n) is 3.86. The van der Waals surface area contributed by atoms with Crippen molar-refractivity contribution in [2.24, 2.45) is 0 Å². The zero-order chi connectivity index (χ0) is 19.0. The van der Waals surface area contributed by atoms with E-state index >= 15 is 0 Å². The van der Waals surface area contributed by atoms with Crippen LogP contribution in [0.1, 0.15) is 48.5 Å². The molecule has 2 aromatic carbocycles. The van der Waals surface area contributed by atoms with Gasteiger partial charge in [-0.1, -0.05) is 38.3 Å². The van der Waals surface area contributed by atoms with Crippen LogP contribution in [-0.2, 0) is 6.18 Å². The highest BCUT2D eigenvalue weighted by Gasteiger charge is 2.34. The fraction of sp³-hybridized carbons (Fsp3) is 0.350. The highest BCUT2D eigenvalue weighted by molar-refractivity contribution is 6.05. The van der Waals surface area contributed by atoms with Gasteiger partial charge in [-0.3, -0.25) is 4.79 Å². The lowest BCUT2D eigenvalue weighted by molar-refractivity contribution is -0.137. The van der Waals surface area contributed by atoms with Gasteiger partial charge in [-0.25, -0.2) is 0 Å². The fourth-order valence-corrected chi connectivity index (χ4v) is 2.48. The molecular weight excluding hydrogens is 343 g/mol. The molecule has 1 N–H and O–H groups in total. The number of carbonyl (C=O) groups excluding carboxylic acids is 1. The van der Waals surface area contributed by atoms with Gasteiger partial charge in [0.2, 0.25) is 0 Å². The summed E-state index contributed by atoms with van der Waals surface area (Å²) in [5.41, 5.74) is -0.953. The first-order valence-electron chi connectivity index (χ1n) is 8.62. The predicted molar refractivity (Wildman–Crippen MR) is 95.5 cm³/mol. The molecule has 0 fully saturated rings. The van der Waals surface area contributed by atoms with Crippen LogP contribution in [0, 0.1) is 0 Å². The van der Waals surface area contributed by atoms with Crippen molar-refractivity contribution in [3.05, 3.63) is 59.7 Å². The Bertz CT molecular complexity index is 712. The standard InChI is InChI=1S/C20H22F3NO2/c1-2-3-4-7-14-26-16-12-10-15(11-13-16)24-19(25)17-8-5-6-9-18(17)20(21,22)23/h5-6,8-13H,2-4,7,14H2,1H3,(H,24,25). The van der Waals surface area contributed by atoms with Gasteiger partial charge in [-0.05, 0) is 42.8 Å². The normalized spacial score (nSPS) is 11.2. The van der Waals surface area contributed by atoms with Crippen molar-refractivity contribution in [3.63, 3.8) is 0 Å². The predicted octanol–water partition coefficient (Wildman–Crippen LogP) is 5.92. The fourth-order valence-electron chi connectivity index (χ4n) is 2.48. The van der Waals surface area contributed by atoms with Gasteiger partial charge in [-0.2, -0.15) is 13.2 Å². The molecule has 0 aliphatic rings. The highest BCUT2D eigenvalue weighted by Crippen LogP contribution is 2.32. The summed E-state index contributed by atoms with van der Waals surface area (Å²) in [4.78, 5) is 12.2. The maximum absolute atomic E-state index is 13.0. The van der Waals surface area contributed by atoms with E-state index in [1.54, 1.807) is 24.3 Å². The molecule has 1 amide bonds. The number of ether oxygens (including phenoxy) is 1. The van der Waals surface area contributed by atoms with Crippen LogP contribution < -0.4 is 10.1 Å². The molecule has 0 aliphatic heterocycles. The Morgan fingerprint density at radius 3 is 2.35 bits per heavy atom. The quantitative estimate of drug-likeness (QED) is 0.590. The van der Waals surface area contributed by atoms with Crippen LogP contribution in [0.3, 0.4) is 0 Å². The van der Waals surface area contributed by atoms with Gasteiger partial charge < -0.3 is 10.1 Å². The summed E-state index contributed by atoms with van der Waals surface area (Å²) in [5, 5.41) is 2.49. The van der Waals surface area contributed by atoms with Crippen molar-refractivity contribution in [2.75, 3.05) is 11.9 Å². The number of unbranched alkanes of at least 4 members (excludes halogenated alkanes) is 3. The molecular formula is C20H22F3NO2. The minimum Gasteiger partial charge on any atom is -0.494 e. The first-order chi connectivity index (χ1) is 12.4. The van der Waals surface area contributed by atoms with E-state index in [9.17, 15) is 18.0 Å². The number of amides is 1. The van der Waals surface area contributed by atoms with Crippen LogP contribution in [0.25, 0.3) is 0 Å². The Morgan fingerprint density at radius 2 is 1.69 bits per heavy atom. The number of nitrogens with one attached hydrogen (secondary N) is 1. The molecule has 0 aliphatic carbocycles. The molecule has 0 saturated heterocycles.